The van der Waals surface area contributed by atoms with Crippen LogP contribution < -0.4 is 10.1 Å². The van der Waals surface area contributed by atoms with Crippen LogP contribution in [0.2, 0.25) is 0 Å². The number of hydrogen-bond acceptors (Lipinski definition) is 4. The molecule has 0 aliphatic heterocycles. The fraction of sp³-hybridized carbons (Fsp3) is 0.150. The summed E-state index contributed by atoms with van der Waals surface area (Å²) in [6.07, 6.45) is 0.281. The molecule has 25 heavy (non-hydrogen) atoms. The number of ether oxygens (including phenoxy) is 1. The molecule has 3 rings (SSSR count). The van der Waals surface area contributed by atoms with Crippen LogP contribution in [0.1, 0.15) is 11.3 Å². The van der Waals surface area contributed by atoms with Crippen molar-refractivity contribution >= 4 is 11.6 Å². The van der Waals surface area contributed by atoms with E-state index in [9.17, 15) is 4.79 Å². The highest BCUT2D eigenvalue weighted by Gasteiger charge is 2.12. The number of carbonyl (C=O) groups is 1. The van der Waals surface area contributed by atoms with Crippen LogP contribution in [0.4, 0.5) is 5.69 Å². The first kappa shape index (κ1) is 16.8. The van der Waals surface area contributed by atoms with Crippen molar-refractivity contribution in [2.75, 3.05) is 12.4 Å². The zero-order valence-corrected chi connectivity index (χ0v) is 13.9. The Bertz CT molecular complexity index is 855. The first-order valence-corrected chi connectivity index (χ1v) is 7.91. The van der Waals surface area contributed by atoms with Crippen LogP contribution in [0.5, 0.6) is 5.75 Å². The number of benzene rings is 2. The molecule has 0 bridgehead atoms. The van der Waals surface area contributed by atoms with E-state index in [0.717, 1.165) is 11.1 Å². The number of rotatable bonds is 6. The molecule has 0 unspecified atom stereocenters. The van der Waals surface area contributed by atoms with E-state index in [4.69, 9.17) is 14.3 Å². The maximum Gasteiger partial charge on any atom is 0.228 e. The lowest BCUT2D eigenvalue weighted by Crippen LogP contribution is -2.15. The van der Waals surface area contributed by atoms with Crippen molar-refractivity contribution in [1.82, 2.24) is 0 Å². The van der Waals surface area contributed by atoms with Crippen molar-refractivity contribution in [3.05, 3.63) is 72.0 Å². The minimum absolute atomic E-state index is 0.128. The Morgan fingerprint density at radius 1 is 1.12 bits per heavy atom. The number of furan rings is 1. The Morgan fingerprint density at radius 3 is 2.60 bits per heavy atom. The SMILES string of the molecule is COc1ccc(-c2ccc(CO)o2)cc1NC(=O)Cc1ccccc1. The van der Waals surface area contributed by atoms with Gasteiger partial charge in [0.2, 0.25) is 5.91 Å². The molecule has 5 nitrogen and oxygen atoms in total. The van der Waals surface area contributed by atoms with Crippen molar-refractivity contribution in [1.29, 1.82) is 0 Å². The number of nitrogens with one attached hydrogen (secondary N) is 1. The van der Waals surface area contributed by atoms with Crippen LogP contribution in [-0.2, 0) is 17.8 Å². The van der Waals surface area contributed by atoms with Gasteiger partial charge in [0.05, 0.1) is 19.2 Å². The van der Waals surface area contributed by atoms with Crippen molar-refractivity contribution in [2.45, 2.75) is 13.0 Å². The second-order valence-electron chi connectivity index (χ2n) is 5.55. The predicted octanol–water partition coefficient (Wildman–Crippen LogP) is 3.63. The van der Waals surface area contributed by atoms with Gasteiger partial charge in [-0.25, -0.2) is 0 Å². The Labute approximate surface area is 145 Å². The summed E-state index contributed by atoms with van der Waals surface area (Å²) in [6.45, 7) is -0.156. The van der Waals surface area contributed by atoms with Gasteiger partial charge >= 0.3 is 0 Å². The molecule has 2 N–H and O–H groups in total. The molecule has 2 aromatic carbocycles. The summed E-state index contributed by atoms with van der Waals surface area (Å²) >= 11 is 0. The maximum absolute atomic E-state index is 12.3. The van der Waals surface area contributed by atoms with Crippen molar-refractivity contribution in [2.24, 2.45) is 0 Å². The van der Waals surface area contributed by atoms with E-state index in [2.05, 4.69) is 5.32 Å². The number of hydrogen-bond donors (Lipinski definition) is 2. The molecule has 3 aromatic rings. The largest absolute Gasteiger partial charge is 0.495 e. The molecule has 1 heterocycles. The third kappa shape index (κ3) is 4.08. The first-order chi connectivity index (χ1) is 12.2. The molecule has 0 radical (unpaired) electrons. The predicted molar refractivity (Wildman–Crippen MR) is 95.4 cm³/mol. The van der Waals surface area contributed by atoms with Gasteiger partial charge in [-0.1, -0.05) is 30.3 Å². The molecule has 0 spiro atoms. The molecule has 0 fully saturated rings. The first-order valence-electron chi connectivity index (χ1n) is 7.91. The Kier molecular flexibility index (Phi) is 5.16. The number of anilines is 1. The van der Waals surface area contributed by atoms with E-state index in [0.29, 0.717) is 23.0 Å². The molecule has 0 saturated heterocycles. The summed E-state index contributed by atoms with van der Waals surface area (Å²) in [5, 5.41) is 12.0. The van der Waals surface area contributed by atoms with Gasteiger partial charge < -0.3 is 19.6 Å². The third-order valence-corrected chi connectivity index (χ3v) is 3.78. The van der Waals surface area contributed by atoms with E-state index in [-0.39, 0.29) is 18.9 Å². The third-order valence-electron chi connectivity index (χ3n) is 3.78. The molecular formula is C20H19NO4. The second kappa shape index (κ2) is 7.68. The summed E-state index contributed by atoms with van der Waals surface area (Å²) in [5.41, 5.74) is 2.30. The Morgan fingerprint density at radius 2 is 1.92 bits per heavy atom. The second-order valence-corrected chi connectivity index (χ2v) is 5.55. The van der Waals surface area contributed by atoms with Gasteiger partial charge in [0.1, 0.15) is 23.9 Å². The normalized spacial score (nSPS) is 10.5. The molecule has 0 aliphatic carbocycles. The van der Waals surface area contributed by atoms with E-state index in [1.165, 1.54) is 0 Å². The summed E-state index contributed by atoms with van der Waals surface area (Å²) in [6, 6.07) is 18.4. The standard InChI is InChI=1S/C20H19NO4/c1-24-19-9-7-15(18-10-8-16(13-22)25-18)12-17(19)21-20(23)11-14-5-3-2-4-6-14/h2-10,12,22H,11,13H2,1H3,(H,21,23). The zero-order chi connectivity index (χ0) is 17.6. The average Bonchev–Trinajstić information content (AvgIpc) is 3.11. The molecule has 0 atom stereocenters. The highest BCUT2D eigenvalue weighted by molar-refractivity contribution is 5.94. The molecule has 1 aromatic heterocycles. The van der Waals surface area contributed by atoms with E-state index in [1.807, 2.05) is 36.4 Å². The summed E-state index contributed by atoms with van der Waals surface area (Å²) in [4.78, 5) is 12.3. The lowest BCUT2D eigenvalue weighted by molar-refractivity contribution is -0.115. The van der Waals surface area contributed by atoms with Crippen LogP contribution in [0.15, 0.2) is 65.1 Å². The lowest BCUT2D eigenvalue weighted by Gasteiger charge is -2.11. The van der Waals surface area contributed by atoms with Crippen LogP contribution in [0.3, 0.4) is 0 Å². The van der Waals surface area contributed by atoms with Gasteiger partial charge in [-0.2, -0.15) is 0 Å². The van der Waals surface area contributed by atoms with E-state index >= 15 is 0 Å². The van der Waals surface area contributed by atoms with E-state index in [1.54, 1.807) is 31.4 Å². The molecule has 0 saturated carbocycles. The topological polar surface area (TPSA) is 71.7 Å². The molecule has 1 amide bonds. The summed E-state index contributed by atoms with van der Waals surface area (Å²) in [5.74, 6) is 1.54. The average molecular weight is 337 g/mol. The van der Waals surface area contributed by atoms with Crippen LogP contribution in [0.25, 0.3) is 11.3 Å². The number of methoxy groups -OCH3 is 1. The van der Waals surface area contributed by atoms with Crippen molar-refractivity contribution in [3.63, 3.8) is 0 Å². The highest BCUT2D eigenvalue weighted by Crippen LogP contribution is 2.31. The summed E-state index contributed by atoms with van der Waals surface area (Å²) in [7, 11) is 1.55. The quantitative estimate of drug-likeness (QED) is 0.720. The highest BCUT2D eigenvalue weighted by atomic mass is 16.5. The number of aliphatic hydroxyl groups is 1. The minimum atomic E-state index is -0.156. The fourth-order valence-corrected chi connectivity index (χ4v) is 2.55. The van der Waals surface area contributed by atoms with Gasteiger partial charge in [0.25, 0.3) is 0 Å². The maximum atomic E-state index is 12.3. The number of amides is 1. The monoisotopic (exact) mass is 337 g/mol. The van der Waals surface area contributed by atoms with Gasteiger partial charge in [-0.15, -0.1) is 0 Å². The number of carbonyl (C=O) groups excluding carboxylic acids is 1. The fourth-order valence-electron chi connectivity index (χ4n) is 2.55. The number of aliphatic hydroxyl groups excluding tert-OH is 1. The van der Waals surface area contributed by atoms with Gasteiger partial charge in [0, 0.05) is 5.56 Å². The van der Waals surface area contributed by atoms with Crippen molar-refractivity contribution in [3.8, 4) is 17.1 Å². The van der Waals surface area contributed by atoms with Gasteiger partial charge in [0.15, 0.2) is 0 Å². The van der Waals surface area contributed by atoms with Gasteiger partial charge in [-0.3, -0.25) is 4.79 Å². The van der Waals surface area contributed by atoms with Gasteiger partial charge in [-0.05, 0) is 35.9 Å². The molecule has 5 heteroatoms. The zero-order valence-electron chi connectivity index (χ0n) is 13.9. The van der Waals surface area contributed by atoms with E-state index < -0.39 is 0 Å². The van der Waals surface area contributed by atoms with Crippen LogP contribution in [-0.4, -0.2) is 18.1 Å². The molecule has 0 aliphatic rings. The summed E-state index contributed by atoms with van der Waals surface area (Å²) < 4.78 is 10.9. The molecule has 128 valence electrons. The lowest BCUT2D eigenvalue weighted by atomic mass is 10.1. The van der Waals surface area contributed by atoms with Crippen LogP contribution in [0, 0.1) is 0 Å². The van der Waals surface area contributed by atoms with Crippen molar-refractivity contribution < 1.29 is 19.1 Å². The minimum Gasteiger partial charge on any atom is -0.495 e. The molecular weight excluding hydrogens is 318 g/mol. The Hall–Kier alpha value is -3.05. The Balaban J connectivity index is 1.81. The van der Waals surface area contributed by atoms with Crippen LogP contribution >= 0.6 is 0 Å². The smallest absolute Gasteiger partial charge is 0.228 e.